The zero-order chi connectivity index (χ0) is 10.9. The van der Waals surface area contributed by atoms with Crippen molar-refractivity contribution in [3.8, 4) is 0 Å². The standard InChI is InChI=1S/C10H22ClNO2/c1-10(2,3)14-9-6-12-5-8-13-7-4-11/h12H,4-9H2,1-3H3. The molecular formula is C10H22ClNO2. The number of alkyl halides is 1. The first-order chi connectivity index (χ1) is 6.56. The largest absolute Gasteiger partial charge is 0.379 e. The van der Waals surface area contributed by atoms with Gasteiger partial charge < -0.3 is 14.8 Å². The molecule has 0 unspecified atom stereocenters. The Morgan fingerprint density at radius 2 is 1.71 bits per heavy atom. The fraction of sp³-hybridized carbons (Fsp3) is 1.00. The van der Waals surface area contributed by atoms with Crippen LogP contribution in [0, 0.1) is 0 Å². The molecule has 0 amide bonds. The molecule has 3 nitrogen and oxygen atoms in total. The van der Waals surface area contributed by atoms with Gasteiger partial charge in [-0.2, -0.15) is 0 Å². The molecule has 0 spiro atoms. The molecule has 0 radical (unpaired) electrons. The van der Waals surface area contributed by atoms with E-state index in [9.17, 15) is 0 Å². The summed E-state index contributed by atoms with van der Waals surface area (Å²) in [5.74, 6) is 0.563. The SMILES string of the molecule is CC(C)(C)OCCNCCOCCCl. The third-order valence-electron chi connectivity index (χ3n) is 1.46. The van der Waals surface area contributed by atoms with Gasteiger partial charge in [0.15, 0.2) is 0 Å². The maximum absolute atomic E-state index is 5.53. The highest BCUT2D eigenvalue weighted by Crippen LogP contribution is 2.04. The lowest BCUT2D eigenvalue weighted by molar-refractivity contribution is -0.00124. The van der Waals surface area contributed by atoms with Gasteiger partial charge in [0.2, 0.25) is 0 Å². The predicted molar refractivity (Wildman–Crippen MR) is 60.1 cm³/mol. The van der Waals surface area contributed by atoms with Gasteiger partial charge in [-0.15, -0.1) is 11.6 Å². The highest BCUT2D eigenvalue weighted by atomic mass is 35.5. The fourth-order valence-corrected chi connectivity index (χ4v) is 0.964. The van der Waals surface area contributed by atoms with E-state index in [1.807, 2.05) is 0 Å². The van der Waals surface area contributed by atoms with Gasteiger partial charge in [-0.25, -0.2) is 0 Å². The highest BCUT2D eigenvalue weighted by Gasteiger charge is 2.08. The van der Waals surface area contributed by atoms with E-state index in [-0.39, 0.29) is 5.60 Å². The normalized spacial score (nSPS) is 12.0. The molecule has 0 fully saturated rings. The third kappa shape index (κ3) is 12.2. The molecule has 0 aliphatic heterocycles. The second-order valence-corrected chi connectivity index (χ2v) is 4.39. The summed E-state index contributed by atoms with van der Waals surface area (Å²) in [5.41, 5.74) is -0.0448. The minimum Gasteiger partial charge on any atom is -0.379 e. The lowest BCUT2D eigenvalue weighted by atomic mass is 10.2. The molecule has 0 atom stereocenters. The van der Waals surface area contributed by atoms with Crippen LogP contribution in [0.2, 0.25) is 0 Å². The third-order valence-corrected chi connectivity index (χ3v) is 1.61. The number of nitrogens with one attached hydrogen (secondary N) is 1. The van der Waals surface area contributed by atoms with E-state index in [0.717, 1.165) is 19.7 Å². The van der Waals surface area contributed by atoms with E-state index < -0.39 is 0 Å². The second-order valence-electron chi connectivity index (χ2n) is 4.01. The van der Waals surface area contributed by atoms with E-state index in [4.69, 9.17) is 21.1 Å². The van der Waals surface area contributed by atoms with Gasteiger partial charge in [-0.1, -0.05) is 0 Å². The molecule has 0 aliphatic rings. The maximum atomic E-state index is 5.53. The van der Waals surface area contributed by atoms with E-state index in [1.165, 1.54) is 0 Å². The van der Waals surface area contributed by atoms with Gasteiger partial charge in [0.05, 0.1) is 25.4 Å². The van der Waals surface area contributed by atoms with Crippen LogP contribution in [0.15, 0.2) is 0 Å². The van der Waals surface area contributed by atoms with Gasteiger partial charge >= 0.3 is 0 Å². The molecule has 0 heterocycles. The molecule has 86 valence electrons. The van der Waals surface area contributed by atoms with Crippen LogP contribution in [0.3, 0.4) is 0 Å². The second kappa shape index (κ2) is 8.48. The molecule has 4 heteroatoms. The zero-order valence-electron chi connectivity index (χ0n) is 9.44. The smallest absolute Gasteiger partial charge is 0.0602 e. The van der Waals surface area contributed by atoms with Gasteiger partial charge in [0.25, 0.3) is 0 Å². The molecule has 0 saturated carbocycles. The summed E-state index contributed by atoms with van der Waals surface area (Å²) < 4.78 is 10.7. The van der Waals surface area contributed by atoms with Crippen molar-refractivity contribution >= 4 is 11.6 Å². The van der Waals surface area contributed by atoms with E-state index in [0.29, 0.717) is 19.1 Å². The Kier molecular flexibility index (Phi) is 8.58. The zero-order valence-corrected chi connectivity index (χ0v) is 10.2. The Morgan fingerprint density at radius 1 is 1.07 bits per heavy atom. The number of rotatable bonds is 8. The topological polar surface area (TPSA) is 30.5 Å². The van der Waals surface area contributed by atoms with Crippen LogP contribution in [-0.2, 0) is 9.47 Å². The van der Waals surface area contributed by atoms with Crippen LogP contribution < -0.4 is 5.32 Å². The van der Waals surface area contributed by atoms with Crippen LogP contribution in [0.25, 0.3) is 0 Å². The molecule has 14 heavy (non-hydrogen) atoms. The first kappa shape index (κ1) is 14.2. The lowest BCUT2D eigenvalue weighted by Gasteiger charge is -2.19. The summed E-state index contributed by atoms with van der Waals surface area (Å²) in [6.07, 6.45) is 0. The van der Waals surface area contributed by atoms with Crippen molar-refractivity contribution < 1.29 is 9.47 Å². The average Bonchev–Trinajstić information content (AvgIpc) is 2.08. The van der Waals surface area contributed by atoms with Crippen LogP contribution in [0.5, 0.6) is 0 Å². The van der Waals surface area contributed by atoms with E-state index in [2.05, 4.69) is 26.1 Å². The Hall–Kier alpha value is 0.170. The Balaban J connectivity index is 2.99. The van der Waals surface area contributed by atoms with Crippen LogP contribution in [-0.4, -0.2) is 44.4 Å². The molecule has 0 aromatic heterocycles. The molecule has 0 saturated heterocycles. The summed E-state index contributed by atoms with van der Waals surface area (Å²) >= 11 is 5.45. The highest BCUT2D eigenvalue weighted by molar-refractivity contribution is 6.17. The molecular weight excluding hydrogens is 202 g/mol. The summed E-state index contributed by atoms with van der Waals surface area (Å²) in [6.45, 7) is 9.94. The number of halogens is 1. The van der Waals surface area contributed by atoms with Gasteiger partial charge in [-0.05, 0) is 20.8 Å². The van der Waals surface area contributed by atoms with E-state index >= 15 is 0 Å². The van der Waals surface area contributed by atoms with Crippen molar-refractivity contribution in [2.75, 3.05) is 38.8 Å². The van der Waals surface area contributed by atoms with Crippen molar-refractivity contribution in [1.29, 1.82) is 0 Å². The first-order valence-electron chi connectivity index (χ1n) is 5.04. The number of ether oxygens (including phenoxy) is 2. The van der Waals surface area contributed by atoms with Gasteiger partial charge in [-0.3, -0.25) is 0 Å². The number of hydrogen-bond donors (Lipinski definition) is 1. The van der Waals surface area contributed by atoms with Crippen LogP contribution in [0.1, 0.15) is 20.8 Å². The Labute approximate surface area is 92.1 Å². The summed E-state index contributed by atoms with van der Waals surface area (Å²) in [7, 11) is 0. The van der Waals surface area contributed by atoms with Crippen molar-refractivity contribution in [2.45, 2.75) is 26.4 Å². The van der Waals surface area contributed by atoms with Crippen molar-refractivity contribution in [3.05, 3.63) is 0 Å². The van der Waals surface area contributed by atoms with Gasteiger partial charge in [0.1, 0.15) is 0 Å². The summed E-state index contributed by atoms with van der Waals surface area (Å²) in [6, 6.07) is 0. The quantitative estimate of drug-likeness (QED) is 0.502. The van der Waals surface area contributed by atoms with E-state index in [1.54, 1.807) is 0 Å². The van der Waals surface area contributed by atoms with Crippen LogP contribution >= 0.6 is 11.6 Å². The molecule has 0 aliphatic carbocycles. The first-order valence-corrected chi connectivity index (χ1v) is 5.58. The number of hydrogen-bond acceptors (Lipinski definition) is 3. The Morgan fingerprint density at radius 3 is 2.29 bits per heavy atom. The minimum atomic E-state index is -0.0448. The monoisotopic (exact) mass is 223 g/mol. The lowest BCUT2D eigenvalue weighted by Crippen LogP contribution is -2.28. The summed E-state index contributed by atoms with van der Waals surface area (Å²) in [4.78, 5) is 0. The molecule has 1 N–H and O–H groups in total. The maximum Gasteiger partial charge on any atom is 0.0602 e. The van der Waals surface area contributed by atoms with Crippen molar-refractivity contribution in [1.82, 2.24) is 5.32 Å². The predicted octanol–water partition coefficient (Wildman–Crippen LogP) is 1.65. The van der Waals surface area contributed by atoms with Crippen molar-refractivity contribution in [3.63, 3.8) is 0 Å². The summed E-state index contributed by atoms with van der Waals surface area (Å²) in [5, 5.41) is 3.22. The van der Waals surface area contributed by atoms with Gasteiger partial charge in [0, 0.05) is 19.0 Å². The minimum absolute atomic E-state index is 0.0448. The molecule has 0 rings (SSSR count). The van der Waals surface area contributed by atoms with Crippen LogP contribution in [0.4, 0.5) is 0 Å². The van der Waals surface area contributed by atoms with Crippen molar-refractivity contribution in [2.24, 2.45) is 0 Å². The fourth-order valence-electron chi connectivity index (χ4n) is 0.855. The molecule has 0 aromatic rings. The Bertz CT molecular complexity index is 126. The molecule has 0 bridgehead atoms. The average molecular weight is 224 g/mol. The molecule has 0 aromatic carbocycles.